The molecular formula is C10H7ClN2O2. The van der Waals surface area contributed by atoms with Crippen LogP contribution in [0, 0.1) is 0 Å². The fourth-order valence-corrected chi connectivity index (χ4v) is 1.54. The van der Waals surface area contributed by atoms with Gasteiger partial charge < -0.3 is 5.11 Å². The minimum Gasteiger partial charge on any atom is -0.481 e. The highest BCUT2D eigenvalue weighted by molar-refractivity contribution is 6.31. The zero-order valence-corrected chi connectivity index (χ0v) is 8.40. The average Bonchev–Trinajstić information content (AvgIpc) is 2.18. The van der Waals surface area contributed by atoms with Crippen LogP contribution in [0.3, 0.4) is 0 Å². The number of carboxylic acids is 1. The van der Waals surface area contributed by atoms with Gasteiger partial charge in [0, 0.05) is 10.4 Å². The lowest BCUT2D eigenvalue weighted by Gasteiger charge is -2.02. The van der Waals surface area contributed by atoms with Crippen LogP contribution >= 0.6 is 11.6 Å². The molecule has 0 radical (unpaired) electrons. The van der Waals surface area contributed by atoms with Crippen LogP contribution in [-0.2, 0) is 11.2 Å². The maximum Gasteiger partial charge on any atom is 0.309 e. The summed E-state index contributed by atoms with van der Waals surface area (Å²) in [6.45, 7) is 0. The van der Waals surface area contributed by atoms with E-state index in [9.17, 15) is 4.79 Å². The minimum atomic E-state index is -0.921. The molecule has 0 fully saturated rings. The Morgan fingerprint density at radius 1 is 1.40 bits per heavy atom. The first-order valence-corrected chi connectivity index (χ1v) is 4.65. The second-order valence-electron chi connectivity index (χ2n) is 3.05. The van der Waals surface area contributed by atoms with E-state index >= 15 is 0 Å². The van der Waals surface area contributed by atoms with Gasteiger partial charge >= 0.3 is 5.97 Å². The maximum absolute atomic E-state index is 10.6. The largest absolute Gasteiger partial charge is 0.481 e. The molecule has 15 heavy (non-hydrogen) atoms. The Bertz CT molecular complexity index is 528. The first kappa shape index (κ1) is 9.86. The Labute approximate surface area is 90.5 Å². The number of aromatic nitrogens is 2. The predicted molar refractivity (Wildman–Crippen MR) is 55.9 cm³/mol. The number of carbonyl (C=O) groups is 1. The summed E-state index contributed by atoms with van der Waals surface area (Å²) in [5.74, 6) is -0.921. The first-order valence-electron chi connectivity index (χ1n) is 4.28. The van der Waals surface area contributed by atoms with E-state index in [2.05, 4.69) is 9.97 Å². The normalized spacial score (nSPS) is 10.5. The summed E-state index contributed by atoms with van der Waals surface area (Å²) in [4.78, 5) is 18.6. The molecule has 1 N–H and O–H groups in total. The number of aliphatic carboxylic acids is 1. The van der Waals surface area contributed by atoms with Gasteiger partial charge in [0.2, 0.25) is 0 Å². The van der Waals surface area contributed by atoms with Crippen LogP contribution in [0.4, 0.5) is 0 Å². The van der Waals surface area contributed by atoms with Crippen molar-refractivity contribution in [2.75, 3.05) is 0 Å². The third kappa shape index (κ3) is 2.05. The van der Waals surface area contributed by atoms with E-state index in [1.807, 2.05) is 0 Å². The molecule has 0 amide bonds. The Balaban J connectivity index is 2.63. The van der Waals surface area contributed by atoms with Gasteiger partial charge in [-0.3, -0.25) is 4.79 Å². The molecule has 0 spiro atoms. The van der Waals surface area contributed by atoms with Gasteiger partial charge in [-0.2, -0.15) is 0 Å². The zero-order chi connectivity index (χ0) is 10.8. The number of halogens is 1. The van der Waals surface area contributed by atoms with E-state index < -0.39 is 5.97 Å². The lowest BCUT2D eigenvalue weighted by atomic mass is 10.1. The molecule has 2 aromatic rings. The van der Waals surface area contributed by atoms with Gasteiger partial charge in [-0.15, -0.1) is 0 Å². The minimum absolute atomic E-state index is 0.126. The Morgan fingerprint density at radius 3 is 2.93 bits per heavy atom. The van der Waals surface area contributed by atoms with Crippen molar-refractivity contribution in [3.05, 3.63) is 35.2 Å². The van der Waals surface area contributed by atoms with Crippen molar-refractivity contribution in [3.8, 4) is 0 Å². The molecule has 0 unspecified atom stereocenters. The van der Waals surface area contributed by atoms with Gasteiger partial charge in [0.25, 0.3) is 0 Å². The third-order valence-electron chi connectivity index (χ3n) is 2.00. The van der Waals surface area contributed by atoms with Gasteiger partial charge in [0.05, 0.1) is 17.6 Å². The van der Waals surface area contributed by atoms with Crippen molar-refractivity contribution in [2.45, 2.75) is 6.42 Å². The summed E-state index contributed by atoms with van der Waals surface area (Å²) in [5.41, 5.74) is 1.18. The van der Waals surface area contributed by atoms with Crippen LogP contribution < -0.4 is 0 Å². The van der Waals surface area contributed by atoms with Crippen LogP contribution in [0.2, 0.25) is 5.02 Å². The molecule has 2 rings (SSSR count). The highest BCUT2D eigenvalue weighted by Gasteiger charge is 2.07. The maximum atomic E-state index is 10.6. The van der Waals surface area contributed by atoms with Crippen LogP contribution in [0.15, 0.2) is 24.5 Å². The SMILES string of the molecule is O=C(O)Cc1ncnc2ccc(Cl)cc12. The topological polar surface area (TPSA) is 63.1 Å². The Hall–Kier alpha value is -1.68. The number of carboxylic acid groups (broad SMARTS) is 1. The summed E-state index contributed by atoms with van der Waals surface area (Å²) < 4.78 is 0. The molecule has 1 aromatic carbocycles. The molecule has 4 nitrogen and oxygen atoms in total. The molecular weight excluding hydrogens is 216 g/mol. The van der Waals surface area contributed by atoms with Gasteiger partial charge in [-0.1, -0.05) is 11.6 Å². The van der Waals surface area contributed by atoms with E-state index in [0.29, 0.717) is 21.6 Å². The van der Waals surface area contributed by atoms with E-state index in [-0.39, 0.29) is 6.42 Å². The zero-order valence-electron chi connectivity index (χ0n) is 7.64. The van der Waals surface area contributed by atoms with Crippen LogP contribution in [0.5, 0.6) is 0 Å². The molecule has 0 aliphatic rings. The second kappa shape index (κ2) is 3.82. The van der Waals surface area contributed by atoms with Crippen molar-refractivity contribution >= 4 is 28.5 Å². The highest BCUT2D eigenvalue weighted by Crippen LogP contribution is 2.19. The highest BCUT2D eigenvalue weighted by atomic mass is 35.5. The van der Waals surface area contributed by atoms with Gasteiger partial charge in [0.15, 0.2) is 0 Å². The van der Waals surface area contributed by atoms with Gasteiger partial charge in [0.1, 0.15) is 6.33 Å². The Morgan fingerprint density at radius 2 is 2.20 bits per heavy atom. The number of nitrogens with zero attached hydrogens (tertiary/aromatic N) is 2. The lowest BCUT2D eigenvalue weighted by molar-refractivity contribution is -0.136. The third-order valence-corrected chi connectivity index (χ3v) is 2.23. The fraction of sp³-hybridized carbons (Fsp3) is 0.100. The molecule has 0 saturated carbocycles. The molecule has 0 saturated heterocycles. The van der Waals surface area contributed by atoms with Crippen molar-refractivity contribution in [2.24, 2.45) is 0 Å². The molecule has 76 valence electrons. The standard InChI is InChI=1S/C10H7ClN2O2/c11-6-1-2-8-7(3-6)9(4-10(14)15)13-5-12-8/h1-3,5H,4H2,(H,14,15). The lowest BCUT2D eigenvalue weighted by Crippen LogP contribution is -2.03. The van der Waals surface area contributed by atoms with Crippen LogP contribution in [0.25, 0.3) is 10.9 Å². The number of fused-ring (bicyclic) bond motifs is 1. The number of hydrogen-bond donors (Lipinski definition) is 1. The summed E-state index contributed by atoms with van der Waals surface area (Å²) >= 11 is 5.82. The van der Waals surface area contributed by atoms with Crippen molar-refractivity contribution in [1.82, 2.24) is 9.97 Å². The fourth-order valence-electron chi connectivity index (χ4n) is 1.37. The van der Waals surface area contributed by atoms with E-state index in [0.717, 1.165) is 0 Å². The molecule has 1 aromatic heterocycles. The summed E-state index contributed by atoms with van der Waals surface area (Å²) in [5, 5.41) is 9.94. The number of hydrogen-bond acceptors (Lipinski definition) is 3. The van der Waals surface area contributed by atoms with E-state index in [1.165, 1.54) is 6.33 Å². The first-order chi connectivity index (χ1) is 7.16. The van der Waals surface area contributed by atoms with E-state index in [1.54, 1.807) is 18.2 Å². The summed E-state index contributed by atoms with van der Waals surface area (Å²) in [6.07, 6.45) is 1.23. The van der Waals surface area contributed by atoms with Crippen LogP contribution in [-0.4, -0.2) is 21.0 Å². The molecule has 1 heterocycles. The quantitative estimate of drug-likeness (QED) is 0.843. The van der Waals surface area contributed by atoms with Crippen LogP contribution in [0.1, 0.15) is 5.69 Å². The monoisotopic (exact) mass is 222 g/mol. The van der Waals surface area contributed by atoms with Gasteiger partial charge in [-0.25, -0.2) is 9.97 Å². The predicted octanol–water partition coefficient (Wildman–Crippen LogP) is 1.91. The Kier molecular flexibility index (Phi) is 2.51. The average molecular weight is 223 g/mol. The summed E-state index contributed by atoms with van der Waals surface area (Å²) in [7, 11) is 0. The van der Waals surface area contributed by atoms with Crippen molar-refractivity contribution < 1.29 is 9.90 Å². The van der Waals surface area contributed by atoms with Crippen molar-refractivity contribution in [3.63, 3.8) is 0 Å². The number of rotatable bonds is 2. The van der Waals surface area contributed by atoms with Gasteiger partial charge in [-0.05, 0) is 18.2 Å². The second-order valence-corrected chi connectivity index (χ2v) is 3.49. The smallest absolute Gasteiger partial charge is 0.309 e. The molecule has 0 aliphatic carbocycles. The molecule has 5 heteroatoms. The van der Waals surface area contributed by atoms with E-state index in [4.69, 9.17) is 16.7 Å². The summed E-state index contributed by atoms with van der Waals surface area (Å²) in [6, 6.07) is 5.13. The number of benzene rings is 1. The molecule has 0 atom stereocenters. The van der Waals surface area contributed by atoms with Crippen molar-refractivity contribution in [1.29, 1.82) is 0 Å². The molecule has 0 aliphatic heterocycles. The molecule has 0 bridgehead atoms.